The molecule has 0 amide bonds. The van der Waals surface area contributed by atoms with E-state index in [0.29, 0.717) is 19.6 Å². The monoisotopic (exact) mass is 158 g/mol. The number of rotatable bonds is 5. The molecule has 1 atom stereocenters. The van der Waals surface area contributed by atoms with Gasteiger partial charge in [0.15, 0.2) is 0 Å². The maximum absolute atomic E-state index is 9.66. The van der Waals surface area contributed by atoms with E-state index < -0.39 is 0 Å². The number of aliphatic hydroxyl groups is 1. The molecular formula is C8H16NO2+. The summed E-state index contributed by atoms with van der Waals surface area (Å²) in [6, 6.07) is 0. The van der Waals surface area contributed by atoms with E-state index >= 15 is 0 Å². The second-order valence-electron chi connectivity index (χ2n) is 2.45. The predicted octanol–water partition coefficient (Wildman–Crippen LogP) is 1.47. The third-order valence-electron chi connectivity index (χ3n) is 1.61. The molecule has 2 N–H and O–H groups in total. The molecule has 0 saturated carbocycles. The van der Waals surface area contributed by atoms with Crippen molar-refractivity contribution in [1.82, 2.24) is 0 Å². The van der Waals surface area contributed by atoms with Crippen molar-refractivity contribution in [2.45, 2.75) is 6.92 Å². The van der Waals surface area contributed by atoms with Crippen molar-refractivity contribution in [3.05, 3.63) is 25.0 Å². The molecule has 0 aromatic rings. The lowest BCUT2D eigenvalue weighted by Crippen LogP contribution is -2.44. The second-order valence-corrected chi connectivity index (χ2v) is 2.45. The Balaban J connectivity index is 3.97. The van der Waals surface area contributed by atoms with Crippen molar-refractivity contribution < 1.29 is 15.0 Å². The van der Waals surface area contributed by atoms with Crippen molar-refractivity contribution in [3.8, 4) is 0 Å². The highest BCUT2D eigenvalue weighted by atomic mass is 16.5. The Morgan fingerprint density at radius 2 is 2.09 bits per heavy atom. The summed E-state index contributed by atoms with van der Waals surface area (Å²) < 4.78 is -0.0967. The van der Waals surface area contributed by atoms with E-state index in [-0.39, 0.29) is 4.65 Å². The van der Waals surface area contributed by atoms with Crippen LogP contribution in [0.5, 0.6) is 0 Å². The maximum Gasteiger partial charge on any atom is 0.131 e. The first kappa shape index (κ1) is 10.2. The van der Waals surface area contributed by atoms with Crippen LogP contribution in [-0.4, -0.2) is 34.6 Å². The molecule has 0 aliphatic heterocycles. The van der Waals surface area contributed by atoms with E-state index in [1.54, 1.807) is 6.08 Å². The quantitative estimate of drug-likeness (QED) is 0.275. The van der Waals surface area contributed by atoms with Gasteiger partial charge in [-0.15, -0.1) is 0 Å². The number of aliphatic hydroxyl groups excluding tert-OH is 1. The first-order chi connectivity index (χ1) is 5.18. The summed E-state index contributed by atoms with van der Waals surface area (Å²) in [4.78, 5) is 0. The topological polar surface area (TPSA) is 40.5 Å². The number of hydroxylamine groups is 3. The normalized spacial score (nSPS) is 16.5. The van der Waals surface area contributed by atoms with Gasteiger partial charge in [-0.05, 0) is 13.0 Å². The van der Waals surface area contributed by atoms with Gasteiger partial charge < -0.3 is 5.11 Å². The Bertz CT molecular complexity index is 145. The molecule has 3 heteroatoms. The smallest absolute Gasteiger partial charge is 0.131 e. The zero-order valence-corrected chi connectivity index (χ0v) is 6.90. The molecule has 3 nitrogen and oxygen atoms in total. The Morgan fingerprint density at radius 1 is 1.45 bits per heavy atom. The van der Waals surface area contributed by atoms with Gasteiger partial charge in [0.1, 0.15) is 19.6 Å². The summed E-state index contributed by atoms with van der Waals surface area (Å²) >= 11 is 0. The van der Waals surface area contributed by atoms with E-state index in [1.165, 1.54) is 6.08 Å². The highest BCUT2D eigenvalue weighted by Gasteiger charge is 2.18. The van der Waals surface area contributed by atoms with Gasteiger partial charge in [-0.25, -0.2) is 5.21 Å². The van der Waals surface area contributed by atoms with Crippen LogP contribution in [0.25, 0.3) is 0 Å². The molecular weight excluding hydrogens is 142 g/mol. The summed E-state index contributed by atoms with van der Waals surface area (Å²) in [7, 11) is 0. The van der Waals surface area contributed by atoms with Gasteiger partial charge in [0.25, 0.3) is 0 Å². The first-order valence-corrected chi connectivity index (χ1v) is 3.67. The zero-order valence-electron chi connectivity index (χ0n) is 6.90. The van der Waals surface area contributed by atoms with Crippen molar-refractivity contribution >= 4 is 0 Å². The van der Waals surface area contributed by atoms with Gasteiger partial charge in [-0.2, -0.15) is 4.65 Å². The summed E-state index contributed by atoms with van der Waals surface area (Å²) in [5.41, 5.74) is 0. The SMILES string of the molecule is C=CC[N+](O)(CC)CC=CO. The lowest BCUT2D eigenvalue weighted by Gasteiger charge is -2.25. The lowest BCUT2D eigenvalue weighted by molar-refractivity contribution is -1.09. The van der Waals surface area contributed by atoms with Crippen molar-refractivity contribution in [1.29, 1.82) is 0 Å². The van der Waals surface area contributed by atoms with Gasteiger partial charge in [0.2, 0.25) is 0 Å². The Hall–Kier alpha value is -0.800. The van der Waals surface area contributed by atoms with Crippen LogP contribution in [0.15, 0.2) is 25.0 Å². The largest absolute Gasteiger partial charge is 0.516 e. The lowest BCUT2D eigenvalue weighted by atomic mass is 10.4. The number of hydrogen-bond donors (Lipinski definition) is 2. The first-order valence-electron chi connectivity index (χ1n) is 3.67. The average Bonchev–Trinajstić information content (AvgIpc) is 2.02. The number of hydrogen-bond acceptors (Lipinski definition) is 2. The highest BCUT2D eigenvalue weighted by molar-refractivity contribution is 4.72. The van der Waals surface area contributed by atoms with Crippen molar-refractivity contribution in [2.75, 3.05) is 19.6 Å². The molecule has 0 aliphatic carbocycles. The number of quaternary nitrogens is 1. The van der Waals surface area contributed by atoms with Crippen LogP contribution < -0.4 is 0 Å². The summed E-state index contributed by atoms with van der Waals surface area (Å²) in [6.07, 6.45) is 4.13. The molecule has 0 aromatic heterocycles. The fourth-order valence-electron chi connectivity index (χ4n) is 0.816. The molecule has 0 saturated heterocycles. The molecule has 64 valence electrons. The average molecular weight is 158 g/mol. The zero-order chi connectivity index (χ0) is 8.74. The van der Waals surface area contributed by atoms with Crippen LogP contribution >= 0.6 is 0 Å². The van der Waals surface area contributed by atoms with Crippen LogP contribution in [0.2, 0.25) is 0 Å². The maximum atomic E-state index is 9.66. The van der Waals surface area contributed by atoms with Crippen molar-refractivity contribution in [2.24, 2.45) is 0 Å². The second kappa shape index (κ2) is 4.93. The number of nitrogens with zero attached hydrogens (tertiary/aromatic N) is 1. The fourth-order valence-corrected chi connectivity index (χ4v) is 0.816. The molecule has 0 radical (unpaired) electrons. The van der Waals surface area contributed by atoms with Crippen LogP contribution in [0.4, 0.5) is 0 Å². The van der Waals surface area contributed by atoms with Gasteiger partial charge >= 0.3 is 0 Å². The third kappa shape index (κ3) is 3.80. The van der Waals surface area contributed by atoms with Gasteiger partial charge in [0.05, 0.1) is 6.26 Å². The van der Waals surface area contributed by atoms with E-state index in [2.05, 4.69) is 6.58 Å². The Kier molecular flexibility index (Phi) is 4.57. The molecule has 0 aromatic carbocycles. The van der Waals surface area contributed by atoms with Crippen LogP contribution in [0.1, 0.15) is 6.92 Å². The Labute approximate surface area is 67.4 Å². The molecule has 1 unspecified atom stereocenters. The van der Waals surface area contributed by atoms with E-state index in [1.807, 2.05) is 6.92 Å². The molecule has 11 heavy (non-hydrogen) atoms. The third-order valence-corrected chi connectivity index (χ3v) is 1.61. The van der Waals surface area contributed by atoms with Crippen LogP contribution in [0, 0.1) is 0 Å². The molecule has 0 heterocycles. The summed E-state index contributed by atoms with van der Waals surface area (Å²) in [5.74, 6) is 0. The summed E-state index contributed by atoms with van der Waals surface area (Å²) in [6.45, 7) is 6.95. The minimum atomic E-state index is -0.0967. The number of likely N-dealkylation sites (N-methyl/N-ethyl adjacent to an activating group) is 1. The molecule has 0 bridgehead atoms. The van der Waals surface area contributed by atoms with E-state index in [9.17, 15) is 5.21 Å². The highest BCUT2D eigenvalue weighted by Crippen LogP contribution is 2.00. The fraction of sp³-hybridized carbons (Fsp3) is 0.500. The van der Waals surface area contributed by atoms with Crippen LogP contribution in [-0.2, 0) is 0 Å². The van der Waals surface area contributed by atoms with Gasteiger partial charge in [0, 0.05) is 6.08 Å². The summed E-state index contributed by atoms with van der Waals surface area (Å²) in [5, 5.41) is 18.0. The molecule has 0 rings (SSSR count). The van der Waals surface area contributed by atoms with Gasteiger partial charge in [-0.3, -0.25) is 0 Å². The standard InChI is InChI=1S/C8H15NO2/c1-3-6-9(11,4-2)7-5-8-10/h3,5,8,11H,1,4,6-7H2,2H3/p+1. The minimum Gasteiger partial charge on any atom is -0.516 e. The molecule has 0 fully saturated rings. The van der Waals surface area contributed by atoms with E-state index in [4.69, 9.17) is 5.11 Å². The van der Waals surface area contributed by atoms with Crippen LogP contribution in [0.3, 0.4) is 0 Å². The van der Waals surface area contributed by atoms with Gasteiger partial charge in [-0.1, -0.05) is 6.58 Å². The van der Waals surface area contributed by atoms with E-state index in [0.717, 1.165) is 6.26 Å². The molecule has 0 aliphatic rings. The van der Waals surface area contributed by atoms with Crippen molar-refractivity contribution in [3.63, 3.8) is 0 Å². The minimum absolute atomic E-state index is 0.0967. The Morgan fingerprint density at radius 3 is 2.45 bits per heavy atom. The predicted molar refractivity (Wildman–Crippen MR) is 44.3 cm³/mol. The molecule has 0 spiro atoms.